The Morgan fingerprint density at radius 2 is 1.80 bits per heavy atom. The third kappa shape index (κ3) is 3.79. The van der Waals surface area contributed by atoms with Gasteiger partial charge in [-0.05, 0) is 25.1 Å². The molecular formula is C11H22O3Si. The van der Waals surface area contributed by atoms with E-state index in [0.29, 0.717) is 0 Å². The minimum Gasteiger partial charge on any atom is -0.478 e. The van der Waals surface area contributed by atoms with Gasteiger partial charge in [0.25, 0.3) is 0 Å². The van der Waals surface area contributed by atoms with Crippen molar-refractivity contribution in [3.8, 4) is 0 Å². The smallest absolute Gasteiger partial charge is 0.333 e. The molecule has 3 nitrogen and oxygen atoms in total. The normalized spacial score (nSPS) is 14.8. The van der Waals surface area contributed by atoms with Crippen LogP contribution in [0.3, 0.4) is 0 Å². The molecule has 0 bridgehead atoms. The summed E-state index contributed by atoms with van der Waals surface area (Å²) >= 11 is 0. The molecule has 4 heteroatoms. The lowest BCUT2D eigenvalue weighted by Gasteiger charge is -2.38. The molecule has 0 amide bonds. The van der Waals surface area contributed by atoms with Gasteiger partial charge in [-0.1, -0.05) is 27.4 Å². The predicted octanol–water partition coefficient (Wildman–Crippen LogP) is 3.04. The van der Waals surface area contributed by atoms with Crippen LogP contribution in [0, 0.1) is 0 Å². The van der Waals surface area contributed by atoms with E-state index in [1.54, 1.807) is 6.92 Å². The van der Waals surface area contributed by atoms with Crippen molar-refractivity contribution in [1.82, 2.24) is 0 Å². The monoisotopic (exact) mass is 230 g/mol. The number of rotatable bonds is 4. The number of hydrogen-bond acceptors (Lipinski definition) is 2. The molecule has 15 heavy (non-hydrogen) atoms. The molecule has 1 atom stereocenters. The zero-order valence-corrected chi connectivity index (χ0v) is 11.5. The highest BCUT2D eigenvalue weighted by Crippen LogP contribution is 2.37. The number of carbonyl (C=O) groups is 1. The Morgan fingerprint density at radius 1 is 1.40 bits per heavy atom. The lowest BCUT2D eigenvalue weighted by atomic mass is 10.2. The average molecular weight is 230 g/mol. The fourth-order valence-electron chi connectivity index (χ4n) is 0.864. The standard InChI is InChI=1S/C11H22O3Si/c1-8(10(12)13)9(2)14-15(6,7)11(3,4)5/h9H,1H2,2-7H3,(H,12,13)/t9-/m1/s1. The fraction of sp³-hybridized carbons (Fsp3) is 0.727. The second-order valence-electron chi connectivity index (χ2n) is 5.35. The van der Waals surface area contributed by atoms with Crippen LogP contribution in [0.1, 0.15) is 27.7 Å². The minimum atomic E-state index is -1.90. The highest BCUT2D eigenvalue weighted by atomic mass is 28.4. The van der Waals surface area contributed by atoms with Crippen LogP contribution in [0.2, 0.25) is 18.1 Å². The molecule has 0 aromatic rings. The molecule has 88 valence electrons. The first-order chi connectivity index (χ1) is 6.49. The summed E-state index contributed by atoms with van der Waals surface area (Å²) in [5.74, 6) is -0.985. The SMILES string of the molecule is C=C(C(=O)O)[C@@H](C)O[Si](C)(C)C(C)(C)C. The Balaban J connectivity index is 4.61. The van der Waals surface area contributed by atoms with Gasteiger partial charge in [0.15, 0.2) is 8.32 Å². The first-order valence-electron chi connectivity index (χ1n) is 5.09. The van der Waals surface area contributed by atoms with Crippen LogP contribution in [-0.4, -0.2) is 25.5 Å². The molecule has 0 aromatic carbocycles. The van der Waals surface area contributed by atoms with Gasteiger partial charge >= 0.3 is 5.97 Å². The molecule has 1 N–H and O–H groups in total. The summed E-state index contributed by atoms with van der Waals surface area (Å²) in [4.78, 5) is 10.7. The second-order valence-corrected chi connectivity index (χ2v) is 10.1. The van der Waals surface area contributed by atoms with E-state index in [0.717, 1.165) is 0 Å². The Labute approximate surface area is 93.3 Å². The summed E-state index contributed by atoms with van der Waals surface area (Å²) in [6.07, 6.45) is -0.414. The van der Waals surface area contributed by atoms with E-state index in [9.17, 15) is 4.79 Å². The van der Waals surface area contributed by atoms with Crippen molar-refractivity contribution in [3.05, 3.63) is 12.2 Å². The number of hydrogen-bond donors (Lipinski definition) is 1. The zero-order valence-electron chi connectivity index (χ0n) is 10.5. The predicted molar refractivity (Wildman–Crippen MR) is 64.5 cm³/mol. The third-order valence-electron chi connectivity index (χ3n) is 3.04. The van der Waals surface area contributed by atoms with Crippen molar-refractivity contribution in [2.75, 3.05) is 0 Å². The van der Waals surface area contributed by atoms with Crippen LogP contribution < -0.4 is 0 Å². The summed E-state index contributed by atoms with van der Waals surface area (Å²) in [5, 5.41) is 8.87. The Kier molecular flexibility index (Phi) is 4.31. The van der Waals surface area contributed by atoms with Gasteiger partial charge in [-0.25, -0.2) is 4.79 Å². The maximum atomic E-state index is 10.7. The van der Waals surface area contributed by atoms with Gasteiger partial charge in [-0.15, -0.1) is 0 Å². The fourth-order valence-corrected chi connectivity index (χ4v) is 2.24. The maximum absolute atomic E-state index is 10.7. The largest absolute Gasteiger partial charge is 0.478 e. The highest BCUT2D eigenvalue weighted by Gasteiger charge is 2.39. The molecule has 0 aliphatic carbocycles. The third-order valence-corrected chi connectivity index (χ3v) is 7.60. The van der Waals surface area contributed by atoms with E-state index in [1.165, 1.54) is 0 Å². The van der Waals surface area contributed by atoms with Crippen LogP contribution in [0.15, 0.2) is 12.2 Å². The highest BCUT2D eigenvalue weighted by molar-refractivity contribution is 6.74. The maximum Gasteiger partial charge on any atom is 0.333 e. The van der Waals surface area contributed by atoms with Gasteiger partial charge in [0.1, 0.15) is 0 Å². The molecule has 0 heterocycles. The topological polar surface area (TPSA) is 46.5 Å². The first kappa shape index (κ1) is 14.4. The van der Waals surface area contributed by atoms with Gasteiger partial charge in [-0.2, -0.15) is 0 Å². The zero-order chi connectivity index (χ0) is 12.4. The van der Waals surface area contributed by atoms with E-state index in [4.69, 9.17) is 9.53 Å². The lowest BCUT2D eigenvalue weighted by Crippen LogP contribution is -2.44. The van der Waals surface area contributed by atoms with Gasteiger partial charge in [-0.3, -0.25) is 0 Å². The molecule has 0 aliphatic heterocycles. The quantitative estimate of drug-likeness (QED) is 0.596. The summed E-state index contributed by atoms with van der Waals surface area (Å²) in [6.45, 7) is 15.8. The summed E-state index contributed by atoms with van der Waals surface area (Å²) < 4.78 is 5.88. The summed E-state index contributed by atoms with van der Waals surface area (Å²) in [7, 11) is -1.90. The second kappa shape index (κ2) is 4.49. The summed E-state index contributed by atoms with van der Waals surface area (Å²) in [6, 6.07) is 0. The van der Waals surface area contributed by atoms with Crippen molar-refractivity contribution in [1.29, 1.82) is 0 Å². The van der Waals surface area contributed by atoms with Crippen molar-refractivity contribution >= 4 is 14.3 Å². The number of carboxylic acids is 1. The van der Waals surface area contributed by atoms with Crippen molar-refractivity contribution in [2.24, 2.45) is 0 Å². The van der Waals surface area contributed by atoms with Gasteiger partial charge < -0.3 is 9.53 Å². The molecule has 0 unspecified atom stereocenters. The van der Waals surface area contributed by atoms with Crippen LogP contribution in [0.4, 0.5) is 0 Å². The molecule has 0 saturated carbocycles. The van der Waals surface area contributed by atoms with Gasteiger partial charge in [0, 0.05) is 0 Å². The van der Waals surface area contributed by atoms with E-state index >= 15 is 0 Å². The van der Waals surface area contributed by atoms with Gasteiger partial charge in [0.05, 0.1) is 11.7 Å². The Bertz CT molecular complexity index is 263. The van der Waals surface area contributed by atoms with E-state index < -0.39 is 20.4 Å². The van der Waals surface area contributed by atoms with Gasteiger partial charge in [0.2, 0.25) is 0 Å². The van der Waals surface area contributed by atoms with Crippen LogP contribution in [-0.2, 0) is 9.22 Å². The van der Waals surface area contributed by atoms with E-state index in [2.05, 4.69) is 40.4 Å². The number of carboxylic acid groups (broad SMARTS) is 1. The van der Waals surface area contributed by atoms with Crippen LogP contribution in [0.5, 0.6) is 0 Å². The molecule has 0 rings (SSSR count). The van der Waals surface area contributed by atoms with Crippen LogP contribution >= 0.6 is 0 Å². The molecule has 0 saturated heterocycles. The Morgan fingerprint density at radius 3 is 2.07 bits per heavy atom. The minimum absolute atomic E-state index is 0.0834. The molecule has 0 aromatic heterocycles. The number of aliphatic carboxylic acids is 1. The van der Waals surface area contributed by atoms with Crippen molar-refractivity contribution < 1.29 is 14.3 Å². The first-order valence-corrected chi connectivity index (χ1v) is 8.00. The molecule has 0 aliphatic rings. The van der Waals surface area contributed by atoms with Crippen molar-refractivity contribution in [2.45, 2.75) is 51.9 Å². The molecule has 0 fully saturated rings. The Hall–Kier alpha value is -0.613. The van der Waals surface area contributed by atoms with E-state index in [-0.39, 0.29) is 10.6 Å². The lowest BCUT2D eigenvalue weighted by molar-refractivity contribution is -0.133. The molecule has 0 spiro atoms. The van der Waals surface area contributed by atoms with Crippen molar-refractivity contribution in [3.63, 3.8) is 0 Å². The molecule has 0 radical (unpaired) electrons. The summed E-state index contributed by atoms with van der Waals surface area (Å²) in [5.41, 5.74) is 0.125. The van der Waals surface area contributed by atoms with Crippen LogP contribution in [0.25, 0.3) is 0 Å². The average Bonchev–Trinajstić information content (AvgIpc) is 1.99. The molecular weight excluding hydrogens is 208 g/mol. The van der Waals surface area contributed by atoms with E-state index in [1.807, 2.05) is 0 Å².